The summed E-state index contributed by atoms with van der Waals surface area (Å²) in [6.45, 7) is 1.28. The van der Waals surface area contributed by atoms with Gasteiger partial charge in [-0.25, -0.2) is 0 Å². The maximum Gasteiger partial charge on any atom is 0.217 e. The molecule has 10 atom stereocenters. The van der Waals surface area contributed by atoms with Gasteiger partial charge in [0, 0.05) is 19.6 Å². The van der Waals surface area contributed by atoms with Gasteiger partial charge < -0.3 is 55.1 Å². The van der Waals surface area contributed by atoms with Crippen molar-refractivity contribution in [2.75, 3.05) is 25.6 Å². The molecule has 0 aromatic rings. The third-order valence-electron chi connectivity index (χ3n) is 5.14. The number of rotatable bonds is 9. The lowest BCUT2D eigenvalue weighted by Crippen LogP contribution is -2.69. The molecule has 0 spiro atoms. The van der Waals surface area contributed by atoms with Crippen molar-refractivity contribution in [3.8, 4) is 0 Å². The van der Waals surface area contributed by atoms with Crippen LogP contribution in [0.1, 0.15) is 13.8 Å². The molecule has 0 aliphatic carbocycles. The number of amides is 2. The second kappa shape index (κ2) is 12.4. The Balaban J connectivity index is 2.29. The van der Waals surface area contributed by atoms with Gasteiger partial charge >= 0.3 is 0 Å². The van der Waals surface area contributed by atoms with Crippen molar-refractivity contribution in [1.82, 2.24) is 10.6 Å². The number of ether oxygens (including phenoxy) is 4. The molecule has 0 radical (unpaired) electrons. The minimum Gasteiger partial charge on any atom is -0.394 e. The first-order chi connectivity index (χ1) is 15.1. The van der Waals surface area contributed by atoms with Crippen LogP contribution in [0.4, 0.5) is 0 Å². The Hall–Kier alpha value is -1.07. The highest BCUT2D eigenvalue weighted by atomic mass is 32.1. The zero-order valence-corrected chi connectivity index (χ0v) is 18.6. The van der Waals surface area contributed by atoms with E-state index < -0.39 is 86.3 Å². The maximum absolute atomic E-state index is 11.7. The van der Waals surface area contributed by atoms with Crippen LogP contribution in [0.3, 0.4) is 0 Å². The van der Waals surface area contributed by atoms with Crippen molar-refractivity contribution in [2.45, 2.75) is 75.1 Å². The van der Waals surface area contributed by atoms with Crippen molar-refractivity contribution in [2.24, 2.45) is 0 Å². The summed E-state index contributed by atoms with van der Waals surface area (Å²) in [5.74, 6) is -0.706. The molecular weight excluding hydrogens is 452 g/mol. The Labute approximate surface area is 190 Å². The molecule has 0 saturated carbocycles. The lowest BCUT2D eigenvalue weighted by molar-refractivity contribution is -0.331. The average molecular weight is 485 g/mol. The Morgan fingerprint density at radius 3 is 1.91 bits per heavy atom. The molecule has 2 amide bonds. The van der Waals surface area contributed by atoms with Crippen molar-refractivity contribution in [3.63, 3.8) is 0 Å². The number of carbonyl (C=O) groups is 2. The quantitative estimate of drug-likeness (QED) is 0.148. The van der Waals surface area contributed by atoms with Crippen LogP contribution < -0.4 is 10.6 Å². The zero-order valence-electron chi connectivity index (χ0n) is 17.7. The molecule has 14 heteroatoms. The van der Waals surface area contributed by atoms with E-state index in [1.54, 1.807) is 0 Å². The third kappa shape index (κ3) is 6.50. The molecule has 2 rings (SSSR count). The number of nitrogens with one attached hydrogen (secondary N) is 2. The summed E-state index contributed by atoms with van der Waals surface area (Å²) in [7, 11) is 0. The summed E-state index contributed by atoms with van der Waals surface area (Å²) >= 11 is 4.04. The second-order valence-corrected chi connectivity index (χ2v) is 8.02. The summed E-state index contributed by atoms with van der Waals surface area (Å²) < 4.78 is 22.5. The van der Waals surface area contributed by atoms with Crippen molar-refractivity contribution in [1.29, 1.82) is 0 Å². The number of aliphatic hydroxyl groups is 5. The lowest BCUT2D eigenvalue weighted by Gasteiger charge is -2.48. The summed E-state index contributed by atoms with van der Waals surface area (Å²) in [6, 6.07) is -2.36. The van der Waals surface area contributed by atoms with Gasteiger partial charge in [0.2, 0.25) is 11.8 Å². The fraction of sp³-hybridized carbons (Fsp3) is 0.889. The predicted molar refractivity (Wildman–Crippen MR) is 109 cm³/mol. The van der Waals surface area contributed by atoms with E-state index in [2.05, 4.69) is 23.3 Å². The fourth-order valence-electron chi connectivity index (χ4n) is 3.68. The normalized spacial score (nSPS) is 40.0. The van der Waals surface area contributed by atoms with Crippen LogP contribution >= 0.6 is 12.6 Å². The molecule has 2 aliphatic heterocycles. The van der Waals surface area contributed by atoms with E-state index in [0.717, 1.165) is 0 Å². The summed E-state index contributed by atoms with van der Waals surface area (Å²) in [5.41, 5.74) is 0. The molecule has 13 nitrogen and oxygen atoms in total. The van der Waals surface area contributed by atoms with E-state index in [0.29, 0.717) is 5.75 Å². The van der Waals surface area contributed by atoms with Gasteiger partial charge in [0.15, 0.2) is 12.6 Å². The largest absolute Gasteiger partial charge is 0.394 e. The number of thiol groups is 1. The number of hydrogen-bond acceptors (Lipinski definition) is 12. The maximum atomic E-state index is 11.7. The fourth-order valence-corrected chi connectivity index (χ4v) is 3.78. The molecule has 2 aliphatic rings. The van der Waals surface area contributed by atoms with E-state index in [-0.39, 0.29) is 6.61 Å². The average Bonchev–Trinajstić information content (AvgIpc) is 2.74. The van der Waals surface area contributed by atoms with Gasteiger partial charge in [-0.2, -0.15) is 12.6 Å². The molecule has 2 fully saturated rings. The minimum atomic E-state index is -1.57. The molecule has 4 unspecified atom stereocenters. The predicted octanol–water partition coefficient (Wildman–Crippen LogP) is -4.16. The van der Waals surface area contributed by atoms with Crippen molar-refractivity contribution >= 4 is 24.4 Å². The number of carbonyl (C=O) groups excluding carboxylic acids is 2. The highest BCUT2D eigenvalue weighted by Crippen LogP contribution is 2.29. The summed E-state index contributed by atoms with van der Waals surface area (Å²) in [6.07, 6.45) is -10.8. The summed E-state index contributed by atoms with van der Waals surface area (Å²) in [5, 5.41) is 55.7. The van der Waals surface area contributed by atoms with Gasteiger partial charge in [0.1, 0.15) is 48.7 Å². The lowest BCUT2D eigenvalue weighted by atomic mass is 9.94. The molecule has 32 heavy (non-hydrogen) atoms. The van der Waals surface area contributed by atoms with Gasteiger partial charge in [-0.3, -0.25) is 9.59 Å². The number of hydrogen-bond donors (Lipinski definition) is 8. The molecule has 0 aromatic carbocycles. The first-order valence-electron chi connectivity index (χ1n) is 10.1. The molecule has 2 heterocycles. The van der Waals surface area contributed by atoms with Gasteiger partial charge in [-0.1, -0.05) is 0 Å². The standard InChI is InChI=1S/C18H32N2O11S/c1-7(23)19-11-14(26)13(25)9(5-21)29-18(11)31-16-10(6-22)30-17(28-3-4-32)12(15(16)27)20-8(2)24/h9-18,21-22,25-27,32H,3-6H2,1-2H3,(H,19,23)(H,20,24)/t9?,10?,11-,12-,13+,14?,15?,16+,17+,18-/m0/s1. The van der Waals surface area contributed by atoms with Gasteiger partial charge in [0.25, 0.3) is 0 Å². The van der Waals surface area contributed by atoms with Crippen molar-refractivity contribution < 1.29 is 54.1 Å². The van der Waals surface area contributed by atoms with Crippen LogP contribution in [0.15, 0.2) is 0 Å². The first-order valence-corrected chi connectivity index (χ1v) is 10.8. The van der Waals surface area contributed by atoms with Crippen LogP contribution in [0, 0.1) is 0 Å². The highest BCUT2D eigenvalue weighted by molar-refractivity contribution is 7.80. The van der Waals surface area contributed by atoms with E-state index >= 15 is 0 Å². The van der Waals surface area contributed by atoms with E-state index in [1.807, 2.05) is 0 Å². The van der Waals surface area contributed by atoms with Crippen LogP contribution in [0.5, 0.6) is 0 Å². The van der Waals surface area contributed by atoms with Gasteiger partial charge in [-0.05, 0) is 0 Å². The SMILES string of the molecule is CC(=O)N[C@H]1C(O)[C@H](O)C(CO)O[C@H]1O[C@@H]1C(CO)O[C@@H](OCCS)[C@@H](NC(C)=O)C1O. The molecule has 7 N–H and O–H groups in total. The molecule has 186 valence electrons. The Morgan fingerprint density at radius 2 is 1.41 bits per heavy atom. The van der Waals surface area contributed by atoms with Gasteiger partial charge in [0.05, 0.1) is 19.8 Å². The van der Waals surface area contributed by atoms with Crippen LogP contribution in [0.2, 0.25) is 0 Å². The molecular formula is C18H32N2O11S. The molecule has 2 saturated heterocycles. The smallest absolute Gasteiger partial charge is 0.217 e. The highest BCUT2D eigenvalue weighted by Gasteiger charge is 2.51. The van der Waals surface area contributed by atoms with Crippen molar-refractivity contribution in [3.05, 3.63) is 0 Å². The second-order valence-electron chi connectivity index (χ2n) is 7.57. The number of aliphatic hydroxyl groups excluding tert-OH is 5. The Kier molecular flexibility index (Phi) is 10.5. The minimum absolute atomic E-state index is 0.138. The van der Waals surface area contributed by atoms with Crippen LogP contribution in [-0.4, -0.2) is 124 Å². The Morgan fingerprint density at radius 1 is 0.875 bits per heavy atom. The van der Waals surface area contributed by atoms with E-state index in [4.69, 9.17) is 18.9 Å². The third-order valence-corrected chi connectivity index (χ3v) is 5.32. The van der Waals surface area contributed by atoms with Crippen LogP contribution in [0.25, 0.3) is 0 Å². The monoisotopic (exact) mass is 484 g/mol. The molecule has 0 bridgehead atoms. The summed E-state index contributed by atoms with van der Waals surface area (Å²) in [4.78, 5) is 23.3. The zero-order chi connectivity index (χ0) is 24.0. The van der Waals surface area contributed by atoms with E-state index in [9.17, 15) is 35.1 Å². The van der Waals surface area contributed by atoms with E-state index in [1.165, 1.54) is 13.8 Å². The first kappa shape index (κ1) is 27.2. The van der Waals surface area contributed by atoms with Crippen LogP contribution in [-0.2, 0) is 28.5 Å². The topological polar surface area (TPSA) is 196 Å². The Bertz CT molecular complexity index is 630. The molecule has 0 aromatic heterocycles. The van der Waals surface area contributed by atoms with Gasteiger partial charge in [-0.15, -0.1) is 0 Å².